The minimum atomic E-state index is -2.79. The average Bonchev–Trinajstić information content (AvgIpc) is 2.09. The Kier molecular flexibility index (Phi) is 4.37. The van der Waals surface area contributed by atoms with Crippen molar-refractivity contribution < 1.29 is 8.42 Å². The summed E-state index contributed by atoms with van der Waals surface area (Å²) >= 11 is 0. The highest BCUT2D eigenvalue weighted by Crippen LogP contribution is 2.15. The molecule has 0 amide bonds. The lowest BCUT2D eigenvalue weighted by Gasteiger charge is -2.39. The Morgan fingerprint density at radius 2 is 2.06 bits per heavy atom. The molecule has 0 aromatic heterocycles. The number of hydrogen-bond donors (Lipinski definition) is 1. The lowest BCUT2D eigenvalue weighted by Crippen LogP contribution is -2.55. The van der Waals surface area contributed by atoms with Crippen molar-refractivity contribution in [2.45, 2.75) is 39.3 Å². The van der Waals surface area contributed by atoms with Crippen molar-refractivity contribution in [3.05, 3.63) is 0 Å². The van der Waals surface area contributed by atoms with Gasteiger partial charge in [0.2, 0.25) is 0 Å². The molecule has 0 radical (unpaired) electrons. The molecular formula is C11H24N2O2S. The molecule has 96 valence electrons. The number of rotatable bonds is 4. The summed E-state index contributed by atoms with van der Waals surface area (Å²) in [5, 5.41) is 3.42. The minimum Gasteiger partial charge on any atom is -0.311 e. The summed E-state index contributed by atoms with van der Waals surface area (Å²) in [4.78, 5) is 2.27. The quantitative estimate of drug-likeness (QED) is 0.787. The highest BCUT2D eigenvalue weighted by molar-refractivity contribution is 7.91. The van der Waals surface area contributed by atoms with Crippen molar-refractivity contribution in [2.24, 2.45) is 0 Å². The Morgan fingerprint density at radius 1 is 1.44 bits per heavy atom. The first-order valence-corrected chi connectivity index (χ1v) is 7.77. The van der Waals surface area contributed by atoms with Gasteiger partial charge in [-0.2, -0.15) is 0 Å². The fourth-order valence-corrected chi connectivity index (χ4v) is 3.94. The topological polar surface area (TPSA) is 49.4 Å². The number of nitrogens with zero attached hydrogens (tertiary/aromatic N) is 1. The zero-order valence-electron chi connectivity index (χ0n) is 10.8. The van der Waals surface area contributed by atoms with Crippen molar-refractivity contribution in [3.63, 3.8) is 0 Å². The second-order valence-electron chi connectivity index (χ2n) is 5.35. The van der Waals surface area contributed by atoms with Crippen molar-refractivity contribution in [3.8, 4) is 0 Å². The van der Waals surface area contributed by atoms with Crippen LogP contribution in [0.25, 0.3) is 0 Å². The zero-order valence-corrected chi connectivity index (χ0v) is 11.6. The molecular weight excluding hydrogens is 224 g/mol. The first-order valence-electron chi connectivity index (χ1n) is 5.95. The molecule has 1 aliphatic heterocycles. The maximum Gasteiger partial charge on any atom is 0.153 e. The predicted molar refractivity (Wildman–Crippen MR) is 67.4 cm³/mol. The van der Waals surface area contributed by atoms with Gasteiger partial charge in [-0.1, -0.05) is 6.92 Å². The average molecular weight is 248 g/mol. The van der Waals surface area contributed by atoms with Crippen LogP contribution in [0.4, 0.5) is 0 Å². The monoisotopic (exact) mass is 248 g/mol. The molecule has 0 spiro atoms. The van der Waals surface area contributed by atoms with Gasteiger partial charge in [-0.15, -0.1) is 0 Å². The van der Waals surface area contributed by atoms with Gasteiger partial charge in [0.1, 0.15) is 0 Å². The maximum atomic E-state index is 11.5. The van der Waals surface area contributed by atoms with Crippen LogP contribution in [0.1, 0.15) is 27.7 Å². The lowest BCUT2D eigenvalue weighted by molar-refractivity contribution is 0.169. The molecule has 1 atom stereocenters. The number of likely N-dealkylation sites (N-methyl/N-ethyl adjacent to an activating group) is 1. The van der Waals surface area contributed by atoms with Crippen molar-refractivity contribution in [1.29, 1.82) is 0 Å². The second-order valence-corrected chi connectivity index (χ2v) is 7.58. The van der Waals surface area contributed by atoms with Gasteiger partial charge in [0.05, 0.1) is 11.5 Å². The van der Waals surface area contributed by atoms with Crippen LogP contribution in [0.2, 0.25) is 0 Å². The van der Waals surface area contributed by atoms with Crippen LogP contribution in [0.5, 0.6) is 0 Å². The van der Waals surface area contributed by atoms with E-state index in [9.17, 15) is 8.42 Å². The molecule has 0 aromatic rings. The fraction of sp³-hybridized carbons (Fsp3) is 1.00. The van der Waals surface area contributed by atoms with Crippen LogP contribution in [0, 0.1) is 0 Å². The highest BCUT2D eigenvalue weighted by atomic mass is 32.2. The predicted octanol–water partition coefficient (Wildman–Crippen LogP) is 0.493. The van der Waals surface area contributed by atoms with Gasteiger partial charge in [0, 0.05) is 24.7 Å². The Balaban J connectivity index is 2.57. The van der Waals surface area contributed by atoms with E-state index in [1.807, 2.05) is 6.92 Å². The van der Waals surface area contributed by atoms with E-state index in [0.717, 1.165) is 13.1 Å². The minimum absolute atomic E-state index is 0.0457. The fourth-order valence-electron chi connectivity index (χ4n) is 2.31. The van der Waals surface area contributed by atoms with Crippen molar-refractivity contribution >= 4 is 9.84 Å². The third kappa shape index (κ3) is 4.03. The van der Waals surface area contributed by atoms with Crippen molar-refractivity contribution in [1.82, 2.24) is 10.2 Å². The lowest BCUT2D eigenvalue weighted by atomic mass is 10.0. The third-order valence-corrected chi connectivity index (χ3v) is 4.86. The molecule has 1 N–H and O–H groups in total. The van der Waals surface area contributed by atoms with E-state index in [1.54, 1.807) is 0 Å². The van der Waals surface area contributed by atoms with E-state index in [-0.39, 0.29) is 11.6 Å². The molecule has 0 saturated carbocycles. The first-order chi connectivity index (χ1) is 7.26. The van der Waals surface area contributed by atoms with Crippen LogP contribution < -0.4 is 5.32 Å². The largest absolute Gasteiger partial charge is 0.311 e. The summed E-state index contributed by atoms with van der Waals surface area (Å²) in [5.74, 6) is 0.606. The van der Waals surface area contributed by atoms with E-state index in [0.29, 0.717) is 18.1 Å². The van der Waals surface area contributed by atoms with Gasteiger partial charge in [-0.25, -0.2) is 8.42 Å². The molecule has 1 fully saturated rings. The number of sulfone groups is 1. The zero-order chi connectivity index (χ0) is 12.4. The SMILES string of the molecule is CCNC(C)(C)CN1CCS(=O)(=O)CC1C. The molecule has 1 saturated heterocycles. The van der Waals surface area contributed by atoms with Crippen molar-refractivity contribution in [2.75, 3.05) is 31.1 Å². The Labute approximate surface area is 99.3 Å². The van der Waals surface area contributed by atoms with Gasteiger partial charge in [0.15, 0.2) is 9.84 Å². The summed E-state index contributed by atoms with van der Waals surface area (Å²) in [6.07, 6.45) is 0. The molecule has 1 unspecified atom stereocenters. The molecule has 4 nitrogen and oxygen atoms in total. The Bertz CT molecular complexity index is 325. The third-order valence-electron chi connectivity index (χ3n) is 3.06. The Morgan fingerprint density at radius 3 is 2.56 bits per heavy atom. The number of nitrogens with one attached hydrogen (secondary N) is 1. The molecule has 16 heavy (non-hydrogen) atoms. The standard InChI is InChI=1S/C11H24N2O2S/c1-5-12-11(3,4)9-13-6-7-16(14,15)8-10(13)2/h10,12H,5-9H2,1-4H3. The molecule has 1 heterocycles. The first kappa shape index (κ1) is 13.9. The van der Waals surface area contributed by atoms with Gasteiger partial charge in [-0.3, -0.25) is 4.90 Å². The van der Waals surface area contributed by atoms with E-state index < -0.39 is 9.84 Å². The maximum absolute atomic E-state index is 11.5. The van der Waals surface area contributed by atoms with Crippen LogP contribution in [-0.2, 0) is 9.84 Å². The molecule has 0 aliphatic carbocycles. The molecule has 1 rings (SSSR count). The molecule has 5 heteroatoms. The van der Waals surface area contributed by atoms with E-state index in [4.69, 9.17) is 0 Å². The van der Waals surface area contributed by atoms with Crippen LogP contribution in [-0.4, -0.2) is 56.0 Å². The highest BCUT2D eigenvalue weighted by Gasteiger charge is 2.31. The van der Waals surface area contributed by atoms with E-state index >= 15 is 0 Å². The molecule has 0 bridgehead atoms. The second kappa shape index (κ2) is 5.02. The normalized spacial score (nSPS) is 26.9. The summed E-state index contributed by atoms with van der Waals surface area (Å²) in [7, 11) is -2.79. The van der Waals surface area contributed by atoms with Gasteiger partial charge in [0.25, 0.3) is 0 Å². The van der Waals surface area contributed by atoms with E-state index in [1.165, 1.54) is 0 Å². The number of hydrogen-bond acceptors (Lipinski definition) is 4. The summed E-state index contributed by atoms with van der Waals surface area (Å²) in [5.41, 5.74) is 0.0457. The van der Waals surface area contributed by atoms with Gasteiger partial charge in [-0.05, 0) is 27.3 Å². The smallest absolute Gasteiger partial charge is 0.153 e. The van der Waals surface area contributed by atoms with Crippen LogP contribution in [0.3, 0.4) is 0 Å². The Hall–Kier alpha value is -0.130. The van der Waals surface area contributed by atoms with Crippen LogP contribution in [0.15, 0.2) is 0 Å². The summed E-state index contributed by atoms with van der Waals surface area (Å²) < 4.78 is 22.9. The summed E-state index contributed by atoms with van der Waals surface area (Å²) in [6, 6.07) is 0.136. The van der Waals surface area contributed by atoms with Gasteiger partial charge >= 0.3 is 0 Å². The molecule has 1 aliphatic rings. The molecule has 0 aromatic carbocycles. The van der Waals surface area contributed by atoms with Crippen LogP contribution >= 0.6 is 0 Å². The van der Waals surface area contributed by atoms with E-state index in [2.05, 4.69) is 31.0 Å². The van der Waals surface area contributed by atoms with Gasteiger partial charge < -0.3 is 5.32 Å². The summed E-state index contributed by atoms with van der Waals surface area (Å²) in [6.45, 7) is 10.9.